The topological polar surface area (TPSA) is 133 Å². The van der Waals surface area contributed by atoms with Crippen LogP contribution in [0.3, 0.4) is 0 Å². The summed E-state index contributed by atoms with van der Waals surface area (Å²) in [6.45, 7) is 1.77. The minimum atomic E-state index is -0.620. The lowest BCUT2D eigenvalue weighted by atomic mass is 9.97. The number of aryl methyl sites for hydroxylation is 2. The maximum Gasteiger partial charge on any atom is 0.258 e. The highest BCUT2D eigenvalue weighted by molar-refractivity contribution is 5.72. The first-order chi connectivity index (χ1) is 15.4. The van der Waals surface area contributed by atoms with Crippen LogP contribution in [0.1, 0.15) is 35.7 Å². The van der Waals surface area contributed by atoms with Crippen molar-refractivity contribution in [2.24, 2.45) is 14.1 Å². The first-order valence-electron chi connectivity index (χ1n) is 9.81. The molecule has 1 unspecified atom stereocenters. The summed E-state index contributed by atoms with van der Waals surface area (Å²) in [5.74, 6) is -0.237. The number of anilines is 1. The van der Waals surface area contributed by atoms with Gasteiger partial charge in [0.15, 0.2) is 5.82 Å². The molecule has 1 aliphatic heterocycles. The molecule has 1 atom stereocenters. The first kappa shape index (κ1) is 19.6. The molecule has 1 aromatic carbocycles. The lowest BCUT2D eigenvalue weighted by Crippen LogP contribution is -2.11. The van der Waals surface area contributed by atoms with Crippen LogP contribution in [0.15, 0.2) is 24.4 Å². The Morgan fingerprint density at radius 3 is 2.81 bits per heavy atom. The average molecular weight is 431 g/mol. The van der Waals surface area contributed by atoms with Gasteiger partial charge in [-0.2, -0.15) is 25.4 Å². The van der Waals surface area contributed by atoms with E-state index in [-0.39, 0.29) is 18.1 Å². The van der Waals surface area contributed by atoms with E-state index < -0.39 is 11.9 Å². The molecule has 0 aliphatic carbocycles. The summed E-state index contributed by atoms with van der Waals surface area (Å²) in [7, 11) is 3.40. The average Bonchev–Trinajstić information content (AvgIpc) is 3.27. The van der Waals surface area contributed by atoms with E-state index in [0.29, 0.717) is 45.2 Å². The van der Waals surface area contributed by atoms with Crippen LogP contribution in [-0.2, 0) is 20.5 Å². The molecule has 0 radical (unpaired) electrons. The number of nitrogens with two attached hydrogens (primary N) is 1. The van der Waals surface area contributed by atoms with E-state index >= 15 is 0 Å². The van der Waals surface area contributed by atoms with Crippen LogP contribution in [0.2, 0.25) is 0 Å². The van der Waals surface area contributed by atoms with Crippen LogP contribution in [-0.4, -0.2) is 34.7 Å². The van der Waals surface area contributed by atoms with E-state index in [2.05, 4.69) is 31.3 Å². The Morgan fingerprint density at radius 1 is 1.22 bits per heavy atom. The second-order valence-electron chi connectivity index (χ2n) is 7.50. The van der Waals surface area contributed by atoms with Crippen LogP contribution in [0.25, 0.3) is 22.5 Å². The van der Waals surface area contributed by atoms with E-state index in [1.165, 1.54) is 27.8 Å². The molecule has 0 saturated carbocycles. The number of nitrogen functional groups attached to an aromatic ring is 1. The second-order valence-corrected chi connectivity index (χ2v) is 7.50. The molecule has 1 aliphatic rings. The normalized spacial score (nSPS) is 14.8. The Morgan fingerprint density at radius 2 is 2.03 bits per heavy atom. The van der Waals surface area contributed by atoms with E-state index in [4.69, 9.17) is 10.5 Å². The van der Waals surface area contributed by atoms with Gasteiger partial charge >= 0.3 is 0 Å². The Bertz CT molecular complexity index is 1420. The van der Waals surface area contributed by atoms with Crippen LogP contribution < -0.4 is 10.5 Å². The van der Waals surface area contributed by atoms with E-state index in [9.17, 15) is 9.65 Å². The lowest BCUT2D eigenvalue weighted by Gasteiger charge is -2.19. The Hall–Kier alpha value is -4.33. The Balaban J connectivity index is 1.84. The molecule has 3 aromatic heterocycles. The number of hydrogen-bond acceptors (Lipinski definition) is 8. The third-order valence-electron chi connectivity index (χ3n) is 5.36. The number of rotatable bonds is 0. The van der Waals surface area contributed by atoms with Crippen LogP contribution >= 0.6 is 0 Å². The number of benzene rings is 1. The number of ether oxygens (including phenoxy) is 1. The molecule has 0 fully saturated rings. The number of aromatic nitrogens is 7. The highest BCUT2D eigenvalue weighted by Crippen LogP contribution is 2.36. The molecule has 160 valence electrons. The van der Waals surface area contributed by atoms with Gasteiger partial charge in [-0.1, -0.05) is 0 Å². The van der Waals surface area contributed by atoms with Crippen LogP contribution in [0.4, 0.5) is 10.2 Å². The Labute approximate surface area is 182 Å². The monoisotopic (exact) mass is 431 g/mol. The minimum Gasteiger partial charge on any atom is -0.467 e. The van der Waals surface area contributed by atoms with Crippen molar-refractivity contribution in [3.63, 3.8) is 0 Å². The maximum absolute atomic E-state index is 14.2. The molecule has 0 spiro atoms. The van der Waals surface area contributed by atoms with Gasteiger partial charge in [0.25, 0.3) is 5.88 Å². The zero-order chi connectivity index (χ0) is 22.6. The largest absolute Gasteiger partial charge is 0.467 e. The molecule has 0 amide bonds. The summed E-state index contributed by atoms with van der Waals surface area (Å²) in [5.41, 5.74) is 10.3. The van der Waals surface area contributed by atoms with Crippen molar-refractivity contribution >= 4 is 5.82 Å². The lowest BCUT2D eigenvalue weighted by molar-refractivity contribution is 0.218. The van der Waals surface area contributed by atoms with Gasteiger partial charge in [0.1, 0.15) is 29.4 Å². The van der Waals surface area contributed by atoms with Gasteiger partial charge in [-0.05, 0) is 25.1 Å². The van der Waals surface area contributed by atoms with Gasteiger partial charge in [-0.3, -0.25) is 4.68 Å². The number of nitrogens with zero attached hydrogens (tertiary/aromatic N) is 8. The van der Waals surface area contributed by atoms with Gasteiger partial charge in [0, 0.05) is 31.6 Å². The molecule has 10 nitrogen and oxygen atoms in total. The highest BCUT2D eigenvalue weighted by atomic mass is 19.1. The second kappa shape index (κ2) is 7.12. The summed E-state index contributed by atoms with van der Waals surface area (Å²) < 4.78 is 21.7. The fraction of sp³-hybridized carbons (Fsp3) is 0.238. The number of hydrogen-bond donors (Lipinski definition) is 1. The fourth-order valence-electron chi connectivity index (χ4n) is 3.94. The predicted octanol–water partition coefficient (Wildman–Crippen LogP) is 2.31. The summed E-state index contributed by atoms with van der Waals surface area (Å²) in [5, 5.41) is 23.3. The zero-order valence-electron chi connectivity index (χ0n) is 17.5. The molecular weight excluding hydrogens is 413 g/mol. The quantitative estimate of drug-likeness (QED) is 0.448. The van der Waals surface area contributed by atoms with Crippen molar-refractivity contribution in [3.8, 4) is 34.5 Å². The fourth-order valence-corrected chi connectivity index (χ4v) is 3.94. The number of halogens is 1. The molecule has 11 heteroatoms. The van der Waals surface area contributed by atoms with Crippen molar-refractivity contribution in [2.75, 3.05) is 5.73 Å². The summed E-state index contributed by atoms with van der Waals surface area (Å²) >= 11 is 0. The van der Waals surface area contributed by atoms with Crippen molar-refractivity contribution in [2.45, 2.75) is 19.4 Å². The van der Waals surface area contributed by atoms with E-state index in [1.807, 2.05) is 0 Å². The number of fused-ring (bicyclic) bond motifs is 7. The summed E-state index contributed by atoms with van der Waals surface area (Å²) in [6, 6.07) is 6.59. The minimum absolute atomic E-state index is 0.0831. The maximum atomic E-state index is 14.2. The van der Waals surface area contributed by atoms with Gasteiger partial charge in [0.05, 0.1) is 28.8 Å². The molecule has 4 heterocycles. The Kier molecular flexibility index (Phi) is 4.37. The van der Waals surface area contributed by atoms with Gasteiger partial charge in [-0.25, -0.2) is 14.4 Å². The van der Waals surface area contributed by atoms with Crippen molar-refractivity contribution in [1.29, 1.82) is 5.26 Å². The third-order valence-corrected chi connectivity index (χ3v) is 5.36. The molecule has 0 saturated heterocycles. The molecule has 4 aromatic rings. The first-order valence-corrected chi connectivity index (χ1v) is 9.81. The summed E-state index contributed by atoms with van der Waals surface area (Å²) in [6.07, 6.45) is 1.14. The molecule has 5 rings (SSSR count). The van der Waals surface area contributed by atoms with Gasteiger partial charge < -0.3 is 10.5 Å². The van der Waals surface area contributed by atoms with Crippen molar-refractivity contribution < 1.29 is 9.13 Å². The van der Waals surface area contributed by atoms with Crippen molar-refractivity contribution in [3.05, 3.63) is 52.9 Å². The van der Waals surface area contributed by atoms with Crippen LogP contribution in [0, 0.1) is 17.1 Å². The highest BCUT2D eigenvalue weighted by Gasteiger charge is 2.27. The van der Waals surface area contributed by atoms with E-state index in [1.54, 1.807) is 27.1 Å². The number of nitriles is 1. The molecule has 2 bridgehead atoms. The molecule has 2 N–H and O–H groups in total. The standard InChI is InChI=1S/C21H18FN9O/c1-10-13-6-11(22)4-5-12(13)19-15(28-31(3)29-19)7-14-18(17(8-23)30(2)27-14)16-9-25-20(24)21(26-16)32-10/h4-6,9-10H,7H2,1-3H3,(H2,24,25). The summed E-state index contributed by atoms with van der Waals surface area (Å²) in [4.78, 5) is 10.2. The van der Waals surface area contributed by atoms with E-state index in [0.717, 1.165) is 0 Å². The van der Waals surface area contributed by atoms with Gasteiger partial charge in [0.2, 0.25) is 0 Å². The predicted molar refractivity (Wildman–Crippen MR) is 112 cm³/mol. The van der Waals surface area contributed by atoms with Crippen molar-refractivity contribution in [1.82, 2.24) is 34.7 Å². The zero-order valence-corrected chi connectivity index (χ0v) is 17.5. The smallest absolute Gasteiger partial charge is 0.258 e. The molecular formula is C21H18FN9O. The van der Waals surface area contributed by atoms with Gasteiger partial charge in [-0.15, -0.1) is 0 Å². The SMILES string of the molecule is CC1Oc2nc(cnc2N)-c2c(nn(C)c2C#N)Cc2nn(C)nc2-c2ccc(F)cc21. The third kappa shape index (κ3) is 3.04. The van der Waals surface area contributed by atoms with Crippen LogP contribution in [0.5, 0.6) is 5.88 Å². The molecule has 32 heavy (non-hydrogen) atoms.